The highest BCUT2D eigenvalue weighted by Crippen LogP contribution is 2.15. The third kappa shape index (κ3) is 2.69. The van der Waals surface area contributed by atoms with Crippen molar-refractivity contribution in [3.63, 3.8) is 0 Å². The standard InChI is InChI=1S/C14H14F2N6O/c1-14(2,3)22-19-10(18-20-22)6-21-7-17-12-8(13(21)23)4-5-9(15)11(12)16/h4-5,7H,6H2,1-3H3. The molecule has 3 aromatic rings. The Hall–Kier alpha value is -2.71. The van der Waals surface area contributed by atoms with Crippen LogP contribution < -0.4 is 5.56 Å². The Morgan fingerprint density at radius 1 is 1.22 bits per heavy atom. The molecule has 0 unspecified atom stereocenters. The molecular weight excluding hydrogens is 306 g/mol. The van der Waals surface area contributed by atoms with Crippen LogP contribution in [0.5, 0.6) is 0 Å². The van der Waals surface area contributed by atoms with Gasteiger partial charge in [0, 0.05) is 0 Å². The molecule has 1 aromatic carbocycles. The number of fused-ring (bicyclic) bond motifs is 1. The van der Waals surface area contributed by atoms with Crippen LogP contribution in [0.15, 0.2) is 23.3 Å². The Morgan fingerprint density at radius 3 is 2.61 bits per heavy atom. The maximum Gasteiger partial charge on any atom is 0.261 e. The fourth-order valence-electron chi connectivity index (χ4n) is 2.03. The first-order valence-corrected chi connectivity index (χ1v) is 6.90. The smallest absolute Gasteiger partial charge is 0.261 e. The summed E-state index contributed by atoms with van der Waals surface area (Å²) in [5.41, 5.74) is -1.13. The van der Waals surface area contributed by atoms with Crippen molar-refractivity contribution in [3.05, 3.63) is 46.3 Å². The van der Waals surface area contributed by atoms with Gasteiger partial charge in [0.05, 0.1) is 23.8 Å². The second-order valence-corrected chi connectivity index (χ2v) is 6.10. The van der Waals surface area contributed by atoms with E-state index in [1.165, 1.54) is 15.4 Å². The van der Waals surface area contributed by atoms with Crippen LogP contribution in [0.2, 0.25) is 0 Å². The number of hydrogen-bond donors (Lipinski definition) is 0. The van der Waals surface area contributed by atoms with Gasteiger partial charge in [0.1, 0.15) is 5.52 Å². The van der Waals surface area contributed by atoms with Crippen LogP contribution in [-0.4, -0.2) is 29.8 Å². The van der Waals surface area contributed by atoms with Gasteiger partial charge in [-0.3, -0.25) is 9.36 Å². The molecule has 0 saturated carbocycles. The summed E-state index contributed by atoms with van der Waals surface area (Å²) in [6, 6.07) is 2.11. The van der Waals surface area contributed by atoms with Gasteiger partial charge in [-0.1, -0.05) is 0 Å². The number of tetrazole rings is 1. The number of halogens is 2. The minimum absolute atomic E-state index is 0.00499. The van der Waals surface area contributed by atoms with Gasteiger partial charge in [-0.2, -0.15) is 4.80 Å². The van der Waals surface area contributed by atoms with Crippen molar-refractivity contribution in [2.24, 2.45) is 0 Å². The van der Waals surface area contributed by atoms with Gasteiger partial charge in [-0.25, -0.2) is 13.8 Å². The van der Waals surface area contributed by atoms with Crippen molar-refractivity contribution < 1.29 is 8.78 Å². The van der Waals surface area contributed by atoms with E-state index in [-0.39, 0.29) is 23.0 Å². The molecule has 9 heteroatoms. The minimum Gasteiger partial charge on any atom is -0.291 e. The molecule has 0 N–H and O–H groups in total. The highest BCUT2D eigenvalue weighted by atomic mass is 19.2. The van der Waals surface area contributed by atoms with Gasteiger partial charge >= 0.3 is 0 Å². The lowest BCUT2D eigenvalue weighted by Crippen LogP contribution is -2.25. The zero-order valence-corrected chi connectivity index (χ0v) is 12.8. The summed E-state index contributed by atoms with van der Waals surface area (Å²) >= 11 is 0. The SMILES string of the molecule is CC(C)(C)n1nnc(Cn2cnc3c(F)c(F)ccc3c2=O)n1. The molecule has 0 radical (unpaired) electrons. The summed E-state index contributed by atoms with van der Waals surface area (Å²) in [5.74, 6) is -1.86. The predicted molar refractivity (Wildman–Crippen MR) is 77.8 cm³/mol. The average Bonchev–Trinajstić information content (AvgIpc) is 2.95. The van der Waals surface area contributed by atoms with Crippen molar-refractivity contribution >= 4 is 10.9 Å². The van der Waals surface area contributed by atoms with E-state index < -0.39 is 17.2 Å². The summed E-state index contributed by atoms with van der Waals surface area (Å²) < 4.78 is 28.1. The van der Waals surface area contributed by atoms with Crippen molar-refractivity contribution in [2.75, 3.05) is 0 Å². The number of rotatable bonds is 2. The van der Waals surface area contributed by atoms with Gasteiger partial charge < -0.3 is 0 Å². The molecule has 0 amide bonds. The molecule has 3 rings (SSSR count). The predicted octanol–water partition coefficient (Wildman–Crippen LogP) is 1.46. The number of hydrogen-bond acceptors (Lipinski definition) is 5. The van der Waals surface area contributed by atoms with Crippen molar-refractivity contribution in [1.82, 2.24) is 29.8 Å². The maximum atomic E-state index is 13.6. The highest BCUT2D eigenvalue weighted by Gasteiger charge is 2.18. The van der Waals surface area contributed by atoms with E-state index in [2.05, 4.69) is 20.4 Å². The van der Waals surface area contributed by atoms with Gasteiger partial charge in [0.25, 0.3) is 5.56 Å². The lowest BCUT2D eigenvalue weighted by Gasteiger charge is -2.15. The Morgan fingerprint density at radius 2 is 1.96 bits per heavy atom. The first kappa shape index (κ1) is 15.2. The van der Waals surface area contributed by atoms with Crippen molar-refractivity contribution in [2.45, 2.75) is 32.9 Å². The monoisotopic (exact) mass is 320 g/mol. The third-order valence-electron chi connectivity index (χ3n) is 3.25. The topological polar surface area (TPSA) is 78.5 Å². The molecule has 0 aliphatic rings. The van der Waals surface area contributed by atoms with E-state index >= 15 is 0 Å². The Balaban J connectivity index is 2.01. The van der Waals surface area contributed by atoms with Gasteiger partial charge in [-0.15, -0.1) is 10.2 Å². The van der Waals surface area contributed by atoms with Crippen LogP contribution in [-0.2, 0) is 12.1 Å². The molecule has 0 fully saturated rings. The molecular formula is C14H14F2N6O. The summed E-state index contributed by atoms with van der Waals surface area (Å²) in [5, 5.41) is 12.0. The molecule has 120 valence electrons. The van der Waals surface area contributed by atoms with Crippen molar-refractivity contribution in [3.8, 4) is 0 Å². The molecule has 0 aliphatic heterocycles. The molecule has 0 atom stereocenters. The molecule has 2 aromatic heterocycles. The quantitative estimate of drug-likeness (QED) is 0.714. The van der Waals surface area contributed by atoms with Crippen LogP contribution in [0.25, 0.3) is 10.9 Å². The second-order valence-electron chi connectivity index (χ2n) is 6.10. The lowest BCUT2D eigenvalue weighted by molar-refractivity contribution is 0.305. The second kappa shape index (κ2) is 5.18. The molecule has 2 heterocycles. The average molecular weight is 320 g/mol. The van der Waals surface area contributed by atoms with E-state index in [1.54, 1.807) is 0 Å². The lowest BCUT2D eigenvalue weighted by atomic mass is 10.1. The van der Waals surface area contributed by atoms with Crippen LogP contribution in [0.3, 0.4) is 0 Å². The van der Waals surface area contributed by atoms with Crippen LogP contribution in [0.4, 0.5) is 8.78 Å². The number of aromatic nitrogens is 6. The van der Waals surface area contributed by atoms with Gasteiger partial charge in [0.2, 0.25) is 0 Å². The first-order chi connectivity index (χ1) is 10.8. The van der Waals surface area contributed by atoms with Crippen LogP contribution in [0.1, 0.15) is 26.6 Å². The van der Waals surface area contributed by atoms with E-state index in [4.69, 9.17) is 0 Å². The van der Waals surface area contributed by atoms with Crippen LogP contribution in [0, 0.1) is 11.6 Å². The Labute approximate surface area is 129 Å². The summed E-state index contributed by atoms with van der Waals surface area (Å²) in [6.45, 7) is 5.79. The summed E-state index contributed by atoms with van der Waals surface area (Å²) in [6.07, 6.45) is 1.14. The molecule has 0 saturated heterocycles. The molecule has 0 bridgehead atoms. The summed E-state index contributed by atoms with van der Waals surface area (Å²) in [7, 11) is 0. The van der Waals surface area contributed by atoms with Gasteiger partial charge in [0.15, 0.2) is 17.5 Å². The first-order valence-electron chi connectivity index (χ1n) is 6.90. The fraction of sp³-hybridized carbons (Fsp3) is 0.357. The highest BCUT2D eigenvalue weighted by molar-refractivity contribution is 5.77. The zero-order valence-electron chi connectivity index (χ0n) is 12.8. The number of benzene rings is 1. The van der Waals surface area contributed by atoms with E-state index in [9.17, 15) is 13.6 Å². The van der Waals surface area contributed by atoms with Crippen LogP contribution >= 0.6 is 0 Å². The minimum atomic E-state index is -1.14. The van der Waals surface area contributed by atoms with E-state index in [0.29, 0.717) is 5.82 Å². The van der Waals surface area contributed by atoms with E-state index in [1.807, 2.05) is 20.8 Å². The Kier molecular flexibility index (Phi) is 3.42. The number of nitrogens with zero attached hydrogens (tertiary/aromatic N) is 6. The van der Waals surface area contributed by atoms with E-state index in [0.717, 1.165) is 12.4 Å². The molecule has 23 heavy (non-hydrogen) atoms. The third-order valence-corrected chi connectivity index (χ3v) is 3.25. The molecule has 7 nitrogen and oxygen atoms in total. The molecule has 0 spiro atoms. The fourth-order valence-corrected chi connectivity index (χ4v) is 2.03. The molecule has 0 aliphatic carbocycles. The Bertz CT molecular complexity index is 941. The normalized spacial score (nSPS) is 12.0. The zero-order chi connectivity index (χ0) is 16.8. The largest absolute Gasteiger partial charge is 0.291 e. The maximum absolute atomic E-state index is 13.6. The summed E-state index contributed by atoms with van der Waals surface area (Å²) in [4.78, 5) is 17.6. The van der Waals surface area contributed by atoms with Crippen molar-refractivity contribution in [1.29, 1.82) is 0 Å². The van der Waals surface area contributed by atoms with Gasteiger partial charge in [-0.05, 0) is 38.1 Å².